The first-order chi connectivity index (χ1) is 10.3. The summed E-state index contributed by atoms with van der Waals surface area (Å²) in [6, 6.07) is 10.7. The number of aliphatic hydroxyl groups excluding tert-OH is 1. The highest BCUT2D eigenvalue weighted by atomic mass is 16.5. The van der Waals surface area contributed by atoms with Gasteiger partial charge < -0.3 is 15.2 Å². The Morgan fingerprint density at radius 2 is 2.14 bits per heavy atom. The predicted molar refractivity (Wildman–Crippen MR) is 83.1 cm³/mol. The topological polar surface area (TPSA) is 44.7 Å². The Bertz CT molecular complexity index is 412. The number of ether oxygens (including phenoxy) is 1. The minimum absolute atomic E-state index is 0.395. The minimum atomic E-state index is -0.395. The fourth-order valence-electron chi connectivity index (χ4n) is 3.52. The fraction of sp³-hybridized carbons (Fsp3) is 0.647. The Hall–Kier alpha value is -0.940. The molecular formula is C17H26N2O2. The molecule has 0 spiro atoms. The molecule has 2 aliphatic heterocycles. The van der Waals surface area contributed by atoms with E-state index in [1.54, 1.807) is 0 Å². The summed E-state index contributed by atoms with van der Waals surface area (Å²) in [5, 5.41) is 13.7. The Balaban J connectivity index is 1.36. The molecule has 0 saturated carbocycles. The van der Waals surface area contributed by atoms with Gasteiger partial charge >= 0.3 is 0 Å². The zero-order valence-electron chi connectivity index (χ0n) is 12.6. The lowest BCUT2D eigenvalue weighted by atomic mass is 9.94. The quantitative estimate of drug-likeness (QED) is 0.827. The van der Waals surface area contributed by atoms with Gasteiger partial charge in [-0.25, -0.2) is 0 Å². The molecule has 0 radical (unpaired) electrons. The van der Waals surface area contributed by atoms with Gasteiger partial charge in [0.25, 0.3) is 0 Å². The summed E-state index contributed by atoms with van der Waals surface area (Å²) >= 11 is 0. The highest BCUT2D eigenvalue weighted by molar-refractivity contribution is 5.13. The van der Waals surface area contributed by atoms with Crippen LogP contribution in [0.5, 0.6) is 0 Å². The third-order valence-electron chi connectivity index (χ3n) is 4.57. The number of hydrogen-bond donors (Lipinski definition) is 2. The van der Waals surface area contributed by atoms with E-state index in [0.717, 1.165) is 37.7 Å². The molecule has 1 aromatic rings. The molecule has 4 heteroatoms. The van der Waals surface area contributed by atoms with E-state index in [4.69, 9.17) is 4.74 Å². The van der Waals surface area contributed by atoms with E-state index in [1.165, 1.54) is 12.8 Å². The van der Waals surface area contributed by atoms with Gasteiger partial charge in [0, 0.05) is 25.7 Å². The van der Waals surface area contributed by atoms with Gasteiger partial charge in [-0.05, 0) is 30.9 Å². The van der Waals surface area contributed by atoms with Crippen molar-refractivity contribution in [2.24, 2.45) is 5.92 Å². The summed E-state index contributed by atoms with van der Waals surface area (Å²) in [6.45, 7) is 5.05. The number of likely N-dealkylation sites (tertiary alicyclic amines) is 1. The van der Waals surface area contributed by atoms with E-state index in [0.29, 0.717) is 19.3 Å². The van der Waals surface area contributed by atoms with Crippen molar-refractivity contribution in [3.05, 3.63) is 35.9 Å². The molecule has 2 aliphatic rings. The molecule has 0 amide bonds. The van der Waals surface area contributed by atoms with Crippen molar-refractivity contribution in [3.63, 3.8) is 0 Å². The van der Waals surface area contributed by atoms with Crippen LogP contribution in [0.25, 0.3) is 0 Å². The maximum Gasteiger partial charge on any atom is 0.0900 e. The molecule has 0 aliphatic carbocycles. The van der Waals surface area contributed by atoms with Crippen LogP contribution >= 0.6 is 0 Å². The second-order valence-corrected chi connectivity index (χ2v) is 6.34. The van der Waals surface area contributed by atoms with Gasteiger partial charge in [0.05, 0.1) is 19.3 Å². The summed E-state index contributed by atoms with van der Waals surface area (Å²) < 4.78 is 5.62. The molecule has 0 aromatic heterocycles. The fourth-order valence-corrected chi connectivity index (χ4v) is 3.52. The molecule has 0 bridgehead atoms. The smallest absolute Gasteiger partial charge is 0.0900 e. The van der Waals surface area contributed by atoms with Crippen molar-refractivity contribution in [3.8, 4) is 0 Å². The molecule has 2 saturated heterocycles. The van der Waals surface area contributed by atoms with Crippen LogP contribution in [0.15, 0.2) is 30.3 Å². The number of benzene rings is 1. The molecule has 2 heterocycles. The maximum atomic E-state index is 10.1. The number of piperidine rings is 1. The molecule has 1 unspecified atom stereocenters. The normalized spacial score (nSPS) is 27.5. The van der Waals surface area contributed by atoms with Crippen LogP contribution in [0.3, 0.4) is 0 Å². The lowest BCUT2D eigenvalue weighted by Gasteiger charge is -2.24. The average Bonchev–Trinajstić information content (AvgIpc) is 2.90. The SMILES string of the molecule is OC(COCc1ccccc1)CN1C[C@@H]2CCCN[C@@H]2C1. The summed E-state index contributed by atoms with van der Waals surface area (Å²) in [5.74, 6) is 0.774. The van der Waals surface area contributed by atoms with E-state index in [9.17, 15) is 5.11 Å². The number of β-amino-alcohol motifs (C(OH)–C–C–N with tert-alkyl or cyclic N) is 1. The first-order valence-corrected chi connectivity index (χ1v) is 8.07. The maximum absolute atomic E-state index is 10.1. The van der Waals surface area contributed by atoms with Crippen molar-refractivity contribution in [2.45, 2.75) is 31.6 Å². The molecule has 2 fully saturated rings. The number of rotatable bonds is 6. The summed E-state index contributed by atoms with van der Waals surface area (Å²) in [4.78, 5) is 2.38. The Morgan fingerprint density at radius 3 is 2.95 bits per heavy atom. The Kier molecular flexibility index (Phi) is 5.25. The number of fused-ring (bicyclic) bond motifs is 1. The van der Waals surface area contributed by atoms with Crippen LogP contribution < -0.4 is 5.32 Å². The van der Waals surface area contributed by atoms with Crippen molar-refractivity contribution in [1.29, 1.82) is 0 Å². The standard InChI is InChI=1S/C17H26N2O2/c20-16(13-21-12-14-5-2-1-3-6-14)10-19-9-15-7-4-8-18-17(15)11-19/h1-3,5-6,15-18,20H,4,7-13H2/t15-,16?,17+/m0/s1. The van der Waals surface area contributed by atoms with Gasteiger partial charge in [-0.1, -0.05) is 30.3 Å². The van der Waals surface area contributed by atoms with Crippen molar-refractivity contribution in [2.75, 3.05) is 32.8 Å². The van der Waals surface area contributed by atoms with Crippen LogP contribution in [0.2, 0.25) is 0 Å². The zero-order chi connectivity index (χ0) is 14.5. The minimum Gasteiger partial charge on any atom is -0.389 e. The molecule has 4 nitrogen and oxygen atoms in total. The highest BCUT2D eigenvalue weighted by Crippen LogP contribution is 2.24. The Labute approximate surface area is 127 Å². The third-order valence-corrected chi connectivity index (χ3v) is 4.57. The number of hydrogen-bond acceptors (Lipinski definition) is 4. The highest BCUT2D eigenvalue weighted by Gasteiger charge is 2.34. The van der Waals surface area contributed by atoms with Crippen LogP contribution in [-0.4, -0.2) is 54.9 Å². The third kappa shape index (κ3) is 4.27. The summed E-state index contributed by atoms with van der Waals surface area (Å²) in [7, 11) is 0. The van der Waals surface area contributed by atoms with Gasteiger partial charge in [-0.2, -0.15) is 0 Å². The van der Waals surface area contributed by atoms with Gasteiger partial charge in [0.1, 0.15) is 0 Å². The molecule has 3 rings (SSSR count). The first kappa shape index (κ1) is 15.0. The van der Waals surface area contributed by atoms with Gasteiger partial charge in [-0.3, -0.25) is 4.90 Å². The number of nitrogens with one attached hydrogen (secondary N) is 1. The van der Waals surface area contributed by atoms with Crippen LogP contribution in [0.1, 0.15) is 18.4 Å². The van der Waals surface area contributed by atoms with E-state index in [1.807, 2.05) is 30.3 Å². The molecule has 1 aromatic carbocycles. The Morgan fingerprint density at radius 1 is 1.29 bits per heavy atom. The van der Waals surface area contributed by atoms with Crippen molar-refractivity contribution in [1.82, 2.24) is 10.2 Å². The van der Waals surface area contributed by atoms with Gasteiger partial charge in [0.15, 0.2) is 0 Å². The number of aliphatic hydroxyl groups is 1. The molecule has 21 heavy (non-hydrogen) atoms. The average molecular weight is 290 g/mol. The molecule has 3 atom stereocenters. The largest absolute Gasteiger partial charge is 0.389 e. The molecular weight excluding hydrogens is 264 g/mol. The number of nitrogens with zero attached hydrogens (tertiary/aromatic N) is 1. The lowest BCUT2D eigenvalue weighted by molar-refractivity contribution is 0.0128. The molecule has 2 N–H and O–H groups in total. The summed E-state index contributed by atoms with van der Waals surface area (Å²) in [5.41, 5.74) is 1.15. The zero-order valence-corrected chi connectivity index (χ0v) is 12.6. The monoisotopic (exact) mass is 290 g/mol. The first-order valence-electron chi connectivity index (χ1n) is 8.07. The predicted octanol–water partition coefficient (Wildman–Crippen LogP) is 1.25. The second kappa shape index (κ2) is 7.36. The van der Waals surface area contributed by atoms with E-state index in [2.05, 4.69) is 10.2 Å². The van der Waals surface area contributed by atoms with E-state index < -0.39 is 6.10 Å². The van der Waals surface area contributed by atoms with Crippen LogP contribution in [-0.2, 0) is 11.3 Å². The molecule has 116 valence electrons. The lowest BCUT2D eigenvalue weighted by Crippen LogP contribution is -2.41. The van der Waals surface area contributed by atoms with Crippen molar-refractivity contribution >= 4 is 0 Å². The van der Waals surface area contributed by atoms with Crippen LogP contribution in [0.4, 0.5) is 0 Å². The van der Waals surface area contributed by atoms with E-state index >= 15 is 0 Å². The van der Waals surface area contributed by atoms with Crippen molar-refractivity contribution < 1.29 is 9.84 Å². The van der Waals surface area contributed by atoms with E-state index in [-0.39, 0.29) is 0 Å². The van der Waals surface area contributed by atoms with Crippen LogP contribution in [0, 0.1) is 5.92 Å². The van der Waals surface area contributed by atoms with Gasteiger partial charge in [0.2, 0.25) is 0 Å². The second-order valence-electron chi connectivity index (χ2n) is 6.34. The summed E-state index contributed by atoms with van der Waals surface area (Å²) in [6.07, 6.45) is 2.22. The van der Waals surface area contributed by atoms with Gasteiger partial charge in [-0.15, -0.1) is 0 Å².